The van der Waals surface area contributed by atoms with Crippen LogP contribution in [0.4, 0.5) is 16.2 Å². The number of ketones is 2. The number of hydrogen-bond acceptors (Lipinski definition) is 4. The molecule has 27 heavy (non-hydrogen) atoms. The van der Waals surface area contributed by atoms with E-state index in [1.165, 1.54) is 6.92 Å². The summed E-state index contributed by atoms with van der Waals surface area (Å²) in [6.07, 6.45) is 0. The van der Waals surface area contributed by atoms with Crippen molar-refractivity contribution in [1.82, 2.24) is 4.90 Å². The molecule has 1 saturated heterocycles. The molecule has 1 fully saturated rings. The first-order chi connectivity index (χ1) is 12.9. The zero-order chi connectivity index (χ0) is 19.4. The number of urea groups is 1. The molecule has 2 aromatic rings. The van der Waals surface area contributed by atoms with Crippen molar-refractivity contribution in [2.45, 2.75) is 13.8 Å². The molecule has 1 N–H and O–H groups in total. The predicted octanol–water partition coefficient (Wildman–Crippen LogP) is 3.45. The van der Waals surface area contributed by atoms with Gasteiger partial charge < -0.3 is 15.1 Å². The highest BCUT2D eigenvalue weighted by atomic mass is 16.2. The van der Waals surface area contributed by atoms with Crippen LogP contribution in [-0.4, -0.2) is 48.7 Å². The van der Waals surface area contributed by atoms with Gasteiger partial charge in [0.15, 0.2) is 11.6 Å². The van der Waals surface area contributed by atoms with E-state index in [4.69, 9.17) is 0 Å². The van der Waals surface area contributed by atoms with Gasteiger partial charge in [0.1, 0.15) is 0 Å². The third-order valence-corrected chi connectivity index (χ3v) is 4.73. The van der Waals surface area contributed by atoms with Crippen LogP contribution in [0, 0.1) is 0 Å². The highest BCUT2D eigenvalue weighted by Gasteiger charge is 2.21. The molecule has 1 aliphatic heterocycles. The van der Waals surface area contributed by atoms with Crippen molar-refractivity contribution in [3.63, 3.8) is 0 Å². The Labute approximate surface area is 158 Å². The smallest absolute Gasteiger partial charge is 0.321 e. The molecule has 0 radical (unpaired) electrons. The van der Waals surface area contributed by atoms with E-state index in [1.54, 1.807) is 36.1 Å². The molecule has 2 amide bonds. The number of amides is 2. The van der Waals surface area contributed by atoms with E-state index in [0.29, 0.717) is 43.0 Å². The fourth-order valence-corrected chi connectivity index (χ4v) is 3.08. The largest absolute Gasteiger partial charge is 0.368 e. The SMILES string of the molecule is CC(=O)c1ccc(NC(=O)N2CCN(c3cccc(C(C)=O)c3)CC2)cc1. The van der Waals surface area contributed by atoms with Crippen molar-refractivity contribution in [3.8, 4) is 0 Å². The van der Waals surface area contributed by atoms with Gasteiger partial charge in [-0.2, -0.15) is 0 Å². The van der Waals surface area contributed by atoms with Gasteiger partial charge in [-0.15, -0.1) is 0 Å². The number of anilines is 2. The van der Waals surface area contributed by atoms with E-state index in [1.807, 2.05) is 24.3 Å². The molecule has 140 valence electrons. The molecule has 0 unspecified atom stereocenters. The summed E-state index contributed by atoms with van der Waals surface area (Å²) in [6.45, 7) is 5.68. The van der Waals surface area contributed by atoms with Gasteiger partial charge in [0.25, 0.3) is 0 Å². The quantitative estimate of drug-likeness (QED) is 0.843. The Bertz CT molecular complexity index is 853. The second-order valence-corrected chi connectivity index (χ2v) is 6.64. The van der Waals surface area contributed by atoms with E-state index in [2.05, 4.69) is 10.2 Å². The highest BCUT2D eigenvalue weighted by molar-refractivity contribution is 5.96. The predicted molar refractivity (Wildman–Crippen MR) is 106 cm³/mol. The van der Waals surface area contributed by atoms with Crippen molar-refractivity contribution in [2.24, 2.45) is 0 Å². The minimum atomic E-state index is -0.150. The van der Waals surface area contributed by atoms with Gasteiger partial charge >= 0.3 is 6.03 Å². The Kier molecular flexibility index (Phi) is 5.54. The summed E-state index contributed by atoms with van der Waals surface area (Å²) < 4.78 is 0. The first-order valence-electron chi connectivity index (χ1n) is 8.97. The second-order valence-electron chi connectivity index (χ2n) is 6.64. The van der Waals surface area contributed by atoms with E-state index >= 15 is 0 Å². The maximum absolute atomic E-state index is 12.5. The molecular formula is C21H23N3O3. The van der Waals surface area contributed by atoms with Crippen LogP contribution in [0.1, 0.15) is 34.6 Å². The Morgan fingerprint density at radius 1 is 0.815 bits per heavy atom. The van der Waals surface area contributed by atoms with Crippen LogP contribution in [0.5, 0.6) is 0 Å². The van der Waals surface area contributed by atoms with Crippen molar-refractivity contribution in [1.29, 1.82) is 0 Å². The second kappa shape index (κ2) is 8.03. The number of benzene rings is 2. The maximum Gasteiger partial charge on any atom is 0.321 e. The molecule has 1 heterocycles. The lowest BCUT2D eigenvalue weighted by atomic mass is 10.1. The van der Waals surface area contributed by atoms with Crippen LogP contribution >= 0.6 is 0 Å². The van der Waals surface area contributed by atoms with Crippen LogP contribution in [0.25, 0.3) is 0 Å². The lowest BCUT2D eigenvalue weighted by Crippen LogP contribution is -2.50. The molecule has 0 saturated carbocycles. The van der Waals surface area contributed by atoms with Gasteiger partial charge in [0.05, 0.1) is 0 Å². The van der Waals surface area contributed by atoms with Gasteiger partial charge in [-0.25, -0.2) is 4.79 Å². The van der Waals surface area contributed by atoms with Crippen LogP contribution in [0.2, 0.25) is 0 Å². The van der Waals surface area contributed by atoms with Crippen molar-refractivity contribution in [2.75, 3.05) is 36.4 Å². The summed E-state index contributed by atoms with van der Waals surface area (Å²) in [7, 11) is 0. The molecule has 6 heteroatoms. The van der Waals surface area contributed by atoms with Crippen LogP contribution in [-0.2, 0) is 0 Å². The minimum Gasteiger partial charge on any atom is -0.368 e. The van der Waals surface area contributed by atoms with Gasteiger partial charge in [-0.3, -0.25) is 9.59 Å². The first kappa shape index (κ1) is 18.6. The summed E-state index contributed by atoms with van der Waals surface area (Å²) in [5.41, 5.74) is 2.99. The number of carbonyl (C=O) groups is 3. The molecule has 0 aliphatic carbocycles. The fraction of sp³-hybridized carbons (Fsp3) is 0.286. The number of nitrogens with one attached hydrogen (secondary N) is 1. The fourth-order valence-electron chi connectivity index (χ4n) is 3.08. The molecule has 1 aliphatic rings. The third kappa shape index (κ3) is 4.53. The van der Waals surface area contributed by atoms with Gasteiger partial charge in [-0.05, 0) is 50.2 Å². The normalized spacial score (nSPS) is 14.0. The van der Waals surface area contributed by atoms with Crippen LogP contribution in [0.15, 0.2) is 48.5 Å². The minimum absolute atomic E-state index is 0.00200. The number of piperazine rings is 1. The Morgan fingerprint density at radius 2 is 1.44 bits per heavy atom. The maximum atomic E-state index is 12.5. The summed E-state index contributed by atoms with van der Waals surface area (Å²) in [4.78, 5) is 39.3. The van der Waals surface area contributed by atoms with Crippen molar-refractivity contribution < 1.29 is 14.4 Å². The van der Waals surface area contributed by atoms with E-state index in [-0.39, 0.29) is 17.6 Å². The van der Waals surface area contributed by atoms with E-state index < -0.39 is 0 Å². The standard InChI is InChI=1S/C21H23N3O3/c1-15(25)17-6-8-19(9-7-17)22-21(27)24-12-10-23(11-13-24)20-5-3-4-18(14-20)16(2)26/h3-9,14H,10-13H2,1-2H3,(H,22,27). The first-order valence-corrected chi connectivity index (χ1v) is 8.97. The van der Waals surface area contributed by atoms with Crippen LogP contribution < -0.4 is 10.2 Å². The van der Waals surface area contributed by atoms with E-state index in [9.17, 15) is 14.4 Å². The average molecular weight is 365 g/mol. The number of nitrogens with zero attached hydrogens (tertiary/aromatic N) is 2. The Hall–Kier alpha value is -3.15. The van der Waals surface area contributed by atoms with Gasteiger partial charge in [-0.1, -0.05) is 12.1 Å². The molecule has 0 spiro atoms. The molecular weight excluding hydrogens is 342 g/mol. The third-order valence-electron chi connectivity index (χ3n) is 4.73. The summed E-state index contributed by atoms with van der Waals surface area (Å²) in [6, 6.07) is 14.3. The van der Waals surface area contributed by atoms with E-state index in [0.717, 1.165) is 5.69 Å². The van der Waals surface area contributed by atoms with Gasteiger partial charge in [0.2, 0.25) is 0 Å². The highest BCUT2D eigenvalue weighted by Crippen LogP contribution is 2.19. The molecule has 2 aromatic carbocycles. The molecule has 0 bridgehead atoms. The number of hydrogen-bond donors (Lipinski definition) is 1. The lowest BCUT2D eigenvalue weighted by Gasteiger charge is -2.36. The zero-order valence-electron chi connectivity index (χ0n) is 15.6. The summed E-state index contributed by atoms with van der Waals surface area (Å²) in [5, 5.41) is 2.87. The average Bonchev–Trinajstić information content (AvgIpc) is 2.68. The molecule has 6 nitrogen and oxygen atoms in total. The molecule has 3 rings (SSSR count). The summed E-state index contributed by atoms with van der Waals surface area (Å²) in [5.74, 6) is 0.0449. The van der Waals surface area contributed by atoms with Crippen molar-refractivity contribution >= 4 is 29.0 Å². The number of carbonyl (C=O) groups excluding carboxylic acids is 3. The van der Waals surface area contributed by atoms with Crippen molar-refractivity contribution in [3.05, 3.63) is 59.7 Å². The van der Waals surface area contributed by atoms with Gasteiger partial charge in [0, 0.05) is 48.7 Å². The van der Waals surface area contributed by atoms with Crippen LogP contribution in [0.3, 0.4) is 0 Å². The molecule has 0 atom stereocenters. The Morgan fingerprint density at radius 3 is 2.04 bits per heavy atom. The summed E-state index contributed by atoms with van der Waals surface area (Å²) >= 11 is 0. The molecule has 0 aromatic heterocycles. The Balaban J connectivity index is 1.57. The zero-order valence-corrected chi connectivity index (χ0v) is 15.6. The monoisotopic (exact) mass is 365 g/mol. The topological polar surface area (TPSA) is 69.7 Å². The lowest BCUT2D eigenvalue weighted by molar-refractivity contribution is 0.100. The number of rotatable bonds is 4. The number of Topliss-reactive ketones (excluding diaryl/α,β-unsaturated/α-hetero) is 2.